The summed E-state index contributed by atoms with van der Waals surface area (Å²) >= 11 is 1.80. The van der Waals surface area contributed by atoms with E-state index in [2.05, 4.69) is 41.0 Å². The molecule has 2 heterocycles. The third kappa shape index (κ3) is 5.11. The molecule has 0 aliphatic carbocycles. The van der Waals surface area contributed by atoms with Crippen LogP contribution in [0.5, 0.6) is 11.5 Å². The summed E-state index contributed by atoms with van der Waals surface area (Å²) in [5.41, 5.74) is 2.99. The number of aromatic nitrogens is 1. The number of hydrogen-bond acceptors (Lipinski definition) is 6. The fraction of sp³-hybridized carbons (Fsp3) is 0.381. The van der Waals surface area contributed by atoms with E-state index in [0.29, 0.717) is 18.4 Å². The molecule has 1 aromatic carbocycles. The Morgan fingerprint density at radius 1 is 1.22 bits per heavy atom. The van der Waals surface area contributed by atoms with Gasteiger partial charge in [-0.1, -0.05) is 17.3 Å². The first-order chi connectivity index (χ1) is 13.1. The first-order valence-electron chi connectivity index (χ1n) is 9.04. The van der Waals surface area contributed by atoms with Gasteiger partial charge in [0.25, 0.3) is 0 Å². The molecule has 1 unspecified atom stereocenters. The normalized spacial score (nSPS) is 12.1. The summed E-state index contributed by atoms with van der Waals surface area (Å²) in [6.07, 6.45) is 1.04. The number of nitrogens with one attached hydrogen (secondary N) is 1. The maximum atomic E-state index is 5.94. The van der Waals surface area contributed by atoms with Gasteiger partial charge in [-0.25, -0.2) is 0 Å². The van der Waals surface area contributed by atoms with E-state index in [1.54, 1.807) is 18.4 Å². The van der Waals surface area contributed by atoms with E-state index >= 15 is 0 Å². The number of aryl methyl sites for hydroxylation is 2. The van der Waals surface area contributed by atoms with Crippen LogP contribution in [0.1, 0.15) is 34.4 Å². The summed E-state index contributed by atoms with van der Waals surface area (Å²) in [6, 6.07) is 10.7. The zero-order chi connectivity index (χ0) is 19.2. The van der Waals surface area contributed by atoms with Crippen molar-refractivity contribution in [3.05, 3.63) is 63.2 Å². The van der Waals surface area contributed by atoms with Gasteiger partial charge in [0.1, 0.15) is 12.4 Å². The molecule has 0 amide bonds. The van der Waals surface area contributed by atoms with Gasteiger partial charge in [-0.2, -0.15) is 0 Å². The van der Waals surface area contributed by atoms with Crippen molar-refractivity contribution in [1.82, 2.24) is 10.5 Å². The van der Waals surface area contributed by atoms with E-state index in [4.69, 9.17) is 14.0 Å². The fourth-order valence-electron chi connectivity index (χ4n) is 2.89. The van der Waals surface area contributed by atoms with Crippen molar-refractivity contribution in [3.63, 3.8) is 0 Å². The van der Waals surface area contributed by atoms with Gasteiger partial charge in [0.05, 0.1) is 18.4 Å². The van der Waals surface area contributed by atoms with E-state index in [-0.39, 0.29) is 0 Å². The smallest absolute Gasteiger partial charge is 0.161 e. The third-order valence-electron chi connectivity index (χ3n) is 4.52. The molecule has 0 spiro atoms. The summed E-state index contributed by atoms with van der Waals surface area (Å²) in [4.78, 5) is 1.40. The molecular weight excluding hydrogens is 360 g/mol. The Labute approximate surface area is 164 Å². The molecular formula is C21H26N2O3S. The second-order valence-electron chi connectivity index (χ2n) is 6.64. The summed E-state index contributed by atoms with van der Waals surface area (Å²) in [5.74, 6) is 2.23. The van der Waals surface area contributed by atoms with Crippen LogP contribution in [0.4, 0.5) is 0 Å². The van der Waals surface area contributed by atoms with E-state index in [1.165, 1.54) is 4.88 Å². The minimum atomic E-state index is 0.408. The minimum absolute atomic E-state index is 0.408. The van der Waals surface area contributed by atoms with E-state index < -0.39 is 0 Å². The molecule has 0 saturated heterocycles. The molecule has 0 radical (unpaired) electrons. The lowest BCUT2D eigenvalue weighted by Gasteiger charge is -2.15. The fourth-order valence-corrected chi connectivity index (χ4v) is 3.73. The zero-order valence-corrected chi connectivity index (χ0v) is 17.1. The number of rotatable bonds is 9. The Bertz CT molecular complexity index is 839. The Morgan fingerprint density at radius 3 is 2.74 bits per heavy atom. The molecule has 3 aromatic rings. The number of benzene rings is 1. The highest BCUT2D eigenvalue weighted by Crippen LogP contribution is 2.29. The molecule has 144 valence electrons. The summed E-state index contributed by atoms with van der Waals surface area (Å²) in [6.45, 7) is 7.21. The molecule has 0 bridgehead atoms. The summed E-state index contributed by atoms with van der Waals surface area (Å²) in [7, 11) is 1.66. The van der Waals surface area contributed by atoms with Gasteiger partial charge in [-0.15, -0.1) is 11.3 Å². The average Bonchev–Trinajstić information content (AvgIpc) is 3.28. The molecule has 1 atom stereocenters. The SMILES string of the molecule is COc1cc(CNC(C)Cc2cccs2)ccc1OCc1c(C)noc1C. The topological polar surface area (TPSA) is 56.5 Å². The van der Waals surface area contributed by atoms with Gasteiger partial charge < -0.3 is 19.3 Å². The maximum absolute atomic E-state index is 5.94. The lowest BCUT2D eigenvalue weighted by atomic mass is 10.1. The Hall–Kier alpha value is -2.31. The lowest BCUT2D eigenvalue weighted by Crippen LogP contribution is -2.27. The number of ether oxygens (including phenoxy) is 2. The van der Waals surface area contributed by atoms with E-state index in [1.807, 2.05) is 26.0 Å². The highest BCUT2D eigenvalue weighted by Gasteiger charge is 2.12. The van der Waals surface area contributed by atoms with Gasteiger partial charge in [0.2, 0.25) is 0 Å². The molecule has 27 heavy (non-hydrogen) atoms. The molecule has 1 N–H and O–H groups in total. The van der Waals surface area contributed by atoms with Crippen molar-refractivity contribution < 1.29 is 14.0 Å². The predicted molar refractivity (Wildman–Crippen MR) is 108 cm³/mol. The average molecular weight is 387 g/mol. The maximum Gasteiger partial charge on any atom is 0.161 e. The van der Waals surface area contributed by atoms with Gasteiger partial charge in [-0.05, 0) is 56.3 Å². The van der Waals surface area contributed by atoms with Crippen molar-refractivity contribution in [1.29, 1.82) is 0 Å². The summed E-state index contributed by atoms with van der Waals surface area (Å²) in [5, 5.41) is 9.64. The monoisotopic (exact) mass is 386 g/mol. The first-order valence-corrected chi connectivity index (χ1v) is 9.92. The van der Waals surface area contributed by atoms with Crippen molar-refractivity contribution >= 4 is 11.3 Å². The molecule has 0 saturated carbocycles. The van der Waals surface area contributed by atoms with E-state index in [0.717, 1.165) is 41.3 Å². The van der Waals surface area contributed by atoms with Gasteiger partial charge in [0.15, 0.2) is 11.5 Å². The first kappa shape index (κ1) is 19.5. The largest absolute Gasteiger partial charge is 0.493 e. The van der Waals surface area contributed by atoms with Crippen molar-refractivity contribution in [2.75, 3.05) is 7.11 Å². The van der Waals surface area contributed by atoms with Crippen LogP contribution < -0.4 is 14.8 Å². The van der Waals surface area contributed by atoms with Crippen LogP contribution >= 0.6 is 11.3 Å². The standard InChI is InChI=1S/C21H26N2O3S/c1-14(10-18-6-5-9-27-18)22-12-17-7-8-20(21(11-17)24-4)25-13-19-15(2)23-26-16(19)3/h5-9,11,14,22H,10,12-13H2,1-4H3. The molecule has 0 aliphatic rings. The van der Waals surface area contributed by atoms with Crippen LogP contribution in [0.15, 0.2) is 40.2 Å². The van der Waals surface area contributed by atoms with Gasteiger partial charge in [-0.3, -0.25) is 0 Å². The summed E-state index contributed by atoms with van der Waals surface area (Å²) < 4.78 is 16.6. The highest BCUT2D eigenvalue weighted by molar-refractivity contribution is 7.09. The molecule has 0 fully saturated rings. The van der Waals surface area contributed by atoms with Crippen LogP contribution in [0.25, 0.3) is 0 Å². The third-order valence-corrected chi connectivity index (χ3v) is 5.42. The van der Waals surface area contributed by atoms with Crippen molar-refractivity contribution in [2.45, 2.75) is 46.4 Å². The minimum Gasteiger partial charge on any atom is -0.493 e. The van der Waals surface area contributed by atoms with Crippen molar-refractivity contribution in [2.24, 2.45) is 0 Å². The molecule has 0 aliphatic heterocycles. The van der Waals surface area contributed by atoms with Crippen LogP contribution in [0.3, 0.4) is 0 Å². The number of methoxy groups -OCH3 is 1. The molecule has 6 heteroatoms. The number of hydrogen-bond donors (Lipinski definition) is 1. The second kappa shape index (κ2) is 9.06. The van der Waals surface area contributed by atoms with Gasteiger partial charge in [0, 0.05) is 17.5 Å². The predicted octanol–water partition coefficient (Wildman–Crippen LogP) is 4.66. The highest BCUT2D eigenvalue weighted by atomic mass is 32.1. The number of thiophene rings is 1. The second-order valence-corrected chi connectivity index (χ2v) is 7.67. The van der Waals surface area contributed by atoms with Crippen LogP contribution in [-0.4, -0.2) is 18.3 Å². The van der Waals surface area contributed by atoms with Gasteiger partial charge >= 0.3 is 0 Å². The van der Waals surface area contributed by atoms with Crippen LogP contribution in [0.2, 0.25) is 0 Å². The Balaban J connectivity index is 1.58. The molecule has 5 nitrogen and oxygen atoms in total. The Kier molecular flexibility index (Phi) is 6.53. The quantitative estimate of drug-likeness (QED) is 0.579. The number of nitrogens with zero attached hydrogens (tertiary/aromatic N) is 1. The Morgan fingerprint density at radius 2 is 2.07 bits per heavy atom. The molecule has 3 rings (SSSR count). The van der Waals surface area contributed by atoms with E-state index in [9.17, 15) is 0 Å². The molecule has 2 aromatic heterocycles. The van der Waals surface area contributed by atoms with Crippen LogP contribution in [0, 0.1) is 13.8 Å². The van der Waals surface area contributed by atoms with Crippen molar-refractivity contribution in [3.8, 4) is 11.5 Å². The van der Waals surface area contributed by atoms with Crippen LogP contribution in [-0.2, 0) is 19.6 Å². The zero-order valence-electron chi connectivity index (χ0n) is 16.2. The lowest BCUT2D eigenvalue weighted by molar-refractivity contribution is 0.281.